The molecular formula is C15H23N3O2S2. The molecule has 1 unspecified atom stereocenters. The van der Waals surface area contributed by atoms with Crippen LogP contribution in [0.5, 0.6) is 0 Å². The average molecular weight is 342 g/mol. The standard InChI is InChI=1S/C15H23N3O2S2/c1-12-3-5-14(6-4-12)22(19,20)11-13(2)17-15(16)18-7-9-21-10-8-18/h3-6,13H,7-11H2,1-2H3,(H2,16,17). The van der Waals surface area contributed by atoms with Crippen LogP contribution >= 0.6 is 11.8 Å². The Morgan fingerprint density at radius 1 is 1.32 bits per heavy atom. The number of aryl methyl sites for hydroxylation is 1. The van der Waals surface area contributed by atoms with E-state index in [2.05, 4.69) is 4.99 Å². The van der Waals surface area contributed by atoms with Crippen molar-refractivity contribution < 1.29 is 8.42 Å². The number of rotatable bonds is 4. The summed E-state index contributed by atoms with van der Waals surface area (Å²) in [4.78, 5) is 6.72. The van der Waals surface area contributed by atoms with Crippen molar-refractivity contribution in [3.05, 3.63) is 29.8 Å². The monoisotopic (exact) mass is 341 g/mol. The summed E-state index contributed by atoms with van der Waals surface area (Å²) >= 11 is 1.90. The van der Waals surface area contributed by atoms with Gasteiger partial charge in [0.1, 0.15) is 0 Å². The molecule has 5 nitrogen and oxygen atoms in total. The minimum Gasteiger partial charge on any atom is -0.370 e. The van der Waals surface area contributed by atoms with Crippen LogP contribution in [0.1, 0.15) is 12.5 Å². The van der Waals surface area contributed by atoms with Crippen LogP contribution in [0, 0.1) is 6.92 Å². The molecule has 1 saturated heterocycles. The van der Waals surface area contributed by atoms with Crippen LogP contribution < -0.4 is 5.73 Å². The van der Waals surface area contributed by atoms with Crippen molar-refractivity contribution in [2.45, 2.75) is 24.8 Å². The molecule has 1 heterocycles. The number of nitrogens with two attached hydrogens (primary N) is 1. The van der Waals surface area contributed by atoms with E-state index in [1.165, 1.54) is 0 Å². The quantitative estimate of drug-likeness (QED) is 0.664. The summed E-state index contributed by atoms with van der Waals surface area (Å²) in [5.74, 6) is 2.49. The van der Waals surface area contributed by atoms with Crippen LogP contribution in [-0.4, -0.2) is 55.7 Å². The Kier molecular flexibility index (Phi) is 5.74. The highest BCUT2D eigenvalue weighted by atomic mass is 32.2. The predicted octanol–water partition coefficient (Wildman–Crippen LogP) is 1.52. The molecule has 0 spiro atoms. The highest BCUT2D eigenvalue weighted by Gasteiger charge is 2.19. The topological polar surface area (TPSA) is 75.8 Å². The maximum Gasteiger partial charge on any atom is 0.191 e. The molecule has 0 amide bonds. The zero-order valence-corrected chi connectivity index (χ0v) is 14.7. The molecule has 7 heteroatoms. The third-order valence-corrected chi connectivity index (χ3v) is 6.38. The van der Waals surface area contributed by atoms with Gasteiger partial charge in [-0.3, -0.25) is 0 Å². The second-order valence-electron chi connectivity index (χ2n) is 5.53. The van der Waals surface area contributed by atoms with Gasteiger partial charge in [0, 0.05) is 24.6 Å². The fraction of sp³-hybridized carbons (Fsp3) is 0.533. The zero-order chi connectivity index (χ0) is 16.2. The maximum atomic E-state index is 12.4. The summed E-state index contributed by atoms with van der Waals surface area (Å²) in [6.07, 6.45) is 0. The Balaban J connectivity index is 2.03. The molecule has 0 aromatic heterocycles. The average Bonchev–Trinajstić information content (AvgIpc) is 2.48. The summed E-state index contributed by atoms with van der Waals surface area (Å²) in [6.45, 7) is 5.47. The number of thioether (sulfide) groups is 1. The fourth-order valence-corrected chi connectivity index (χ4v) is 4.65. The van der Waals surface area contributed by atoms with Gasteiger partial charge in [-0.25, -0.2) is 13.4 Å². The molecule has 1 aliphatic rings. The van der Waals surface area contributed by atoms with Gasteiger partial charge >= 0.3 is 0 Å². The molecular weight excluding hydrogens is 318 g/mol. The lowest BCUT2D eigenvalue weighted by Crippen LogP contribution is -2.43. The number of aliphatic imine (C=N–C) groups is 1. The van der Waals surface area contributed by atoms with Crippen molar-refractivity contribution >= 4 is 27.6 Å². The third kappa shape index (κ3) is 4.64. The Bertz CT molecular complexity index is 621. The van der Waals surface area contributed by atoms with Gasteiger partial charge in [-0.05, 0) is 26.0 Å². The lowest BCUT2D eigenvalue weighted by molar-refractivity contribution is 0.453. The Morgan fingerprint density at radius 2 is 1.91 bits per heavy atom. The van der Waals surface area contributed by atoms with Crippen LogP contribution in [0.15, 0.2) is 34.2 Å². The number of nitrogens with zero attached hydrogens (tertiary/aromatic N) is 2. The first-order valence-electron chi connectivity index (χ1n) is 7.34. The summed E-state index contributed by atoms with van der Waals surface area (Å²) in [7, 11) is -3.34. The van der Waals surface area contributed by atoms with Gasteiger partial charge in [-0.2, -0.15) is 11.8 Å². The van der Waals surface area contributed by atoms with Crippen LogP contribution in [0.4, 0.5) is 0 Å². The normalized spacial score (nSPS) is 18.3. The molecule has 1 aromatic carbocycles. The molecule has 1 aromatic rings. The Labute approximate surface area is 136 Å². The van der Waals surface area contributed by atoms with Gasteiger partial charge in [-0.15, -0.1) is 0 Å². The van der Waals surface area contributed by atoms with E-state index in [-0.39, 0.29) is 11.8 Å². The number of benzene rings is 1. The highest BCUT2D eigenvalue weighted by molar-refractivity contribution is 7.99. The lowest BCUT2D eigenvalue weighted by Gasteiger charge is -2.27. The molecule has 0 saturated carbocycles. The molecule has 22 heavy (non-hydrogen) atoms. The Morgan fingerprint density at radius 3 is 2.50 bits per heavy atom. The van der Waals surface area contributed by atoms with E-state index in [0.29, 0.717) is 10.9 Å². The van der Waals surface area contributed by atoms with E-state index in [1.54, 1.807) is 31.2 Å². The summed E-state index contributed by atoms with van der Waals surface area (Å²) in [5, 5.41) is 0. The van der Waals surface area contributed by atoms with Crippen molar-refractivity contribution in [3.63, 3.8) is 0 Å². The Hall–Kier alpha value is -1.21. The predicted molar refractivity (Wildman–Crippen MR) is 93.2 cm³/mol. The smallest absolute Gasteiger partial charge is 0.191 e. The summed E-state index contributed by atoms with van der Waals surface area (Å²) in [5.41, 5.74) is 7.04. The zero-order valence-electron chi connectivity index (χ0n) is 13.0. The van der Waals surface area contributed by atoms with Crippen LogP contribution in [-0.2, 0) is 9.84 Å². The van der Waals surface area contributed by atoms with Crippen molar-refractivity contribution in [1.29, 1.82) is 0 Å². The van der Waals surface area contributed by atoms with Crippen LogP contribution in [0.3, 0.4) is 0 Å². The molecule has 1 fully saturated rings. The molecule has 0 bridgehead atoms. The molecule has 2 rings (SSSR count). The first-order chi connectivity index (χ1) is 10.4. The molecule has 2 N–H and O–H groups in total. The van der Waals surface area contributed by atoms with Crippen molar-refractivity contribution in [2.75, 3.05) is 30.3 Å². The van der Waals surface area contributed by atoms with Crippen molar-refractivity contribution in [3.8, 4) is 0 Å². The fourth-order valence-electron chi connectivity index (χ4n) is 2.30. The molecule has 122 valence electrons. The second-order valence-corrected chi connectivity index (χ2v) is 8.79. The summed E-state index contributed by atoms with van der Waals surface area (Å²) in [6, 6.07) is 6.54. The van der Waals surface area contributed by atoms with E-state index >= 15 is 0 Å². The number of hydrogen-bond acceptors (Lipinski definition) is 4. The first kappa shape index (κ1) is 17.1. The van der Waals surface area contributed by atoms with Gasteiger partial charge < -0.3 is 10.6 Å². The minimum absolute atomic E-state index is 0.0284. The van der Waals surface area contributed by atoms with Gasteiger partial charge in [0.15, 0.2) is 15.8 Å². The van der Waals surface area contributed by atoms with E-state index in [1.807, 2.05) is 23.6 Å². The van der Waals surface area contributed by atoms with Gasteiger partial charge in [0.25, 0.3) is 0 Å². The van der Waals surface area contributed by atoms with E-state index < -0.39 is 9.84 Å². The second kappa shape index (κ2) is 7.37. The number of guanidine groups is 1. The largest absolute Gasteiger partial charge is 0.370 e. The van der Waals surface area contributed by atoms with Crippen LogP contribution in [0.25, 0.3) is 0 Å². The van der Waals surface area contributed by atoms with E-state index in [9.17, 15) is 8.42 Å². The van der Waals surface area contributed by atoms with Gasteiger partial charge in [0.2, 0.25) is 0 Å². The molecule has 1 atom stereocenters. The first-order valence-corrected chi connectivity index (χ1v) is 10.1. The maximum absolute atomic E-state index is 12.4. The minimum atomic E-state index is -3.34. The van der Waals surface area contributed by atoms with E-state index in [4.69, 9.17) is 5.73 Å². The number of hydrogen-bond donors (Lipinski definition) is 1. The molecule has 0 aliphatic carbocycles. The van der Waals surface area contributed by atoms with Crippen molar-refractivity contribution in [1.82, 2.24) is 4.90 Å². The van der Waals surface area contributed by atoms with Gasteiger partial charge in [0.05, 0.1) is 16.7 Å². The molecule has 0 radical (unpaired) electrons. The third-order valence-electron chi connectivity index (χ3n) is 3.53. The highest BCUT2D eigenvalue weighted by Crippen LogP contribution is 2.14. The van der Waals surface area contributed by atoms with Crippen LogP contribution in [0.2, 0.25) is 0 Å². The van der Waals surface area contributed by atoms with Gasteiger partial charge in [-0.1, -0.05) is 17.7 Å². The number of sulfone groups is 1. The van der Waals surface area contributed by atoms with Crippen molar-refractivity contribution in [2.24, 2.45) is 10.7 Å². The summed E-state index contributed by atoms with van der Waals surface area (Å²) < 4.78 is 24.8. The SMILES string of the molecule is Cc1ccc(S(=O)(=O)CC(C)N=C(N)N2CCSCC2)cc1. The molecule has 1 aliphatic heterocycles. The lowest BCUT2D eigenvalue weighted by atomic mass is 10.2. The van der Waals surface area contributed by atoms with E-state index in [0.717, 1.165) is 30.2 Å².